The van der Waals surface area contributed by atoms with E-state index in [1.165, 1.54) is 45.3 Å². The van der Waals surface area contributed by atoms with Gasteiger partial charge in [-0.15, -0.1) is 0 Å². The van der Waals surface area contributed by atoms with Crippen LogP contribution in [0.2, 0.25) is 0 Å². The summed E-state index contributed by atoms with van der Waals surface area (Å²) in [7, 11) is 1.81. The highest BCUT2D eigenvalue weighted by atomic mass is 16.5. The topological polar surface area (TPSA) is 38.5 Å². The fourth-order valence-electron chi connectivity index (χ4n) is 2.58. The Kier molecular flexibility index (Phi) is 7.01. The third kappa shape index (κ3) is 4.81. The maximum Gasteiger partial charge on any atom is 0.0502 e. The summed E-state index contributed by atoms with van der Waals surface area (Å²) in [6.45, 7) is 7.70. The largest absolute Gasteiger partial charge is 0.384 e. The van der Waals surface area contributed by atoms with Gasteiger partial charge in [0.1, 0.15) is 0 Å². The van der Waals surface area contributed by atoms with Crippen LogP contribution < -0.4 is 5.73 Å². The Morgan fingerprint density at radius 2 is 2.31 bits per heavy atom. The van der Waals surface area contributed by atoms with E-state index in [9.17, 15) is 0 Å². The maximum absolute atomic E-state index is 5.74. The van der Waals surface area contributed by atoms with Crippen molar-refractivity contribution in [3.63, 3.8) is 0 Å². The molecule has 0 radical (unpaired) electrons. The summed E-state index contributed by atoms with van der Waals surface area (Å²) in [6.07, 6.45) is 5.13. The fraction of sp³-hybridized carbons (Fsp3) is 1.00. The molecule has 2 atom stereocenters. The second-order valence-corrected chi connectivity index (χ2v) is 5.06. The van der Waals surface area contributed by atoms with E-state index in [0.717, 1.165) is 19.1 Å². The molecule has 1 saturated heterocycles. The summed E-state index contributed by atoms with van der Waals surface area (Å²) < 4.78 is 5.25. The first-order chi connectivity index (χ1) is 7.80. The van der Waals surface area contributed by atoms with Crippen molar-refractivity contribution in [2.75, 3.05) is 39.9 Å². The van der Waals surface area contributed by atoms with E-state index < -0.39 is 0 Å². The molecule has 16 heavy (non-hydrogen) atoms. The van der Waals surface area contributed by atoms with Crippen LogP contribution in [0.4, 0.5) is 0 Å². The lowest BCUT2D eigenvalue weighted by atomic mass is 9.97. The summed E-state index contributed by atoms with van der Waals surface area (Å²) in [5, 5.41) is 0. The molecule has 2 N–H and O–H groups in total. The highest BCUT2D eigenvalue weighted by Gasteiger charge is 2.19. The molecule has 1 aliphatic rings. The maximum atomic E-state index is 5.74. The first kappa shape index (κ1) is 13.9. The van der Waals surface area contributed by atoms with Gasteiger partial charge in [0, 0.05) is 13.7 Å². The lowest BCUT2D eigenvalue weighted by molar-refractivity contribution is 0.0878. The summed E-state index contributed by atoms with van der Waals surface area (Å²) in [5.74, 6) is 1.46. The Hall–Kier alpha value is -0.120. The Labute approximate surface area is 100 Å². The van der Waals surface area contributed by atoms with Crippen molar-refractivity contribution in [1.82, 2.24) is 4.90 Å². The third-order valence-electron chi connectivity index (χ3n) is 3.77. The van der Waals surface area contributed by atoms with Gasteiger partial charge < -0.3 is 15.4 Å². The van der Waals surface area contributed by atoms with Crippen LogP contribution in [-0.4, -0.2) is 44.8 Å². The van der Waals surface area contributed by atoms with Crippen LogP contribution in [0.15, 0.2) is 0 Å². The van der Waals surface area contributed by atoms with Gasteiger partial charge in [0.2, 0.25) is 0 Å². The number of nitrogens with two attached hydrogens (primary N) is 1. The van der Waals surface area contributed by atoms with E-state index in [1.54, 1.807) is 7.11 Å². The summed E-state index contributed by atoms with van der Waals surface area (Å²) in [6, 6.07) is 0. The molecule has 0 spiro atoms. The van der Waals surface area contributed by atoms with Gasteiger partial charge in [-0.05, 0) is 50.7 Å². The summed E-state index contributed by atoms with van der Waals surface area (Å²) in [4.78, 5) is 2.59. The van der Waals surface area contributed by atoms with Crippen molar-refractivity contribution < 1.29 is 4.74 Å². The molecule has 1 rings (SSSR count). The lowest BCUT2D eigenvalue weighted by Crippen LogP contribution is -2.38. The molecular weight excluding hydrogens is 200 g/mol. The first-order valence-electron chi connectivity index (χ1n) is 6.71. The van der Waals surface area contributed by atoms with Gasteiger partial charge in [-0.25, -0.2) is 0 Å². The highest BCUT2D eigenvalue weighted by molar-refractivity contribution is 4.73. The molecular formula is C13H28N2O. The van der Waals surface area contributed by atoms with E-state index in [4.69, 9.17) is 10.5 Å². The molecule has 0 aliphatic carbocycles. The van der Waals surface area contributed by atoms with Crippen molar-refractivity contribution in [2.24, 2.45) is 17.6 Å². The van der Waals surface area contributed by atoms with Crippen LogP contribution in [0, 0.1) is 11.8 Å². The number of methoxy groups -OCH3 is 1. The number of ether oxygens (including phenoxy) is 1. The molecule has 0 bridgehead atoms. The average Bonchev–Trinajstić information content (AvgIpc) is 2.31. The number of likely N-dealkylation sites (tertiary alicyclic amines) is 1. The van der Waals surface area contributed by atoms with Crippen LogP contribution in [0.25, 0.3) is 0 Å². The van der Waals surface area contributed by atoms with Crippen LogP contribution in [-0.2, 0) is 4.74 Å². The zero-order valence-corrected chi connectivity index (χ0v) is 11.0. The molecule has 0 aromatic rings. The van der Waals surface area contributed by atoms with E-state index in [0.29, 0.717) is 5.92 Å². The van der Waals surface area contributed by atoms with Crippen LogP contribution in [0.5, 0.6) is 0 Å². The number of rotatable bonds is 7. The second-order valence-electron chi connectivity index (χ2n) is 5.06. The molecule has 3 nitrogen and oxygen atoms in total. The van der Waals surface area contributed by atoms with Gasteiger partial charge in [-0.1, -0.05) is 13.3 Å². The first-order valence-corrected chi connectivity index (χ1v) is 6.71. The molecule has 2 unspecified atom stereocenters. The van der Waals surface area contributed by atoms with Crippen LogP contribution in [0.3, 0.4) is 0 Å². The molecule has 0 aromatic heterocycles. The Morgan fingerprint density at radius 3 is 2.94 bits per heavy atom. The summed E-state index contributed by atoms with van der Waals surface area (Å²) >= 11 is 0. The molecule has 0 aromatic carbocycles. The van der Waals surface area contributed by atoms with Crippen LogP contribution >= 0.6 is 0 Å². The molecule has 0 amide bonds. The highest BCUT2D eigenvalue weighted by Crippen LogP contribution is 2.18. The number of nitrogens with zero attached hydrogens (tertiary/aromatic N) is 1. The SMILES string of the molecule is CCC(CN)CCN1CCCC(COC)C1. The number of hydrogen-bond acceptors (Lipinski definition) is 3. The monoisotopic (exact) mass is 228 g/mol. The standard InChI is InChI=1S/C13H28N2O/c1-3-12(9-14)6-8-15-7-4-5-13(10-15)11-16-2/h12-13H,3-11,14H2,1-2H3. The van der Waals surface area contributed by atoms with Gasteiger partial charge in [0.25, 0.3) is 0 Å². The van der Waals surface area contributed by atoms with Crippen molar-refractivity contribution in [3.8, 4) is 0 Å². The van der Waals surface area contributed by atoms with Crippen molar-refractivity contribution in [1.29, 1.82) is 0 Å². The molecule has 3 heteroatoms. The van der Waals surface area contributed by atoms with E-state index >= 15 is 0 Å². The van der Waals surface area contributed by atoms with Gasteiger partial charge in [0.05, 0.1) is 6.61 Å². The molecule has 1 aliphatic heterocycles. The quantitative estimate of drug-likeness (QED) is 0.721. The lowest BCUT2D eigenvalue weighted by Gasteiger charge is -2.33. The third-order valence-corrected chi connectivity index (χ3v) is 3.77. The number of piperidine rings is 1. The predicted molar refractivity (Wildman–Crippen MR) is 68.5 cm³/mol. The zero-order valence-electron chi connectivity index (χ0n) is 11.0. The van der Waals surface area contributed by atoms with Crippen LogP contribution in [0.1, 0.15) is 32.6 Å². The Morgan fingerprint density at radius 1 is 1.50 bits per heavy atom. The minimum Gasteiger partial charge on any atom is -0.384 e. The summed E-state index contributed by atoms with van der Waals surface area (Å²) in [5.41, 5.74) is 5.74. The van der Waals surface area contributed by atoms with E-state index in [2.05, 4.69) is 11.8 Å². The fourth-order valence-corrected chi connectivity index (χ4v) is 2.58. The molecule has 0 saturated carbocycles. The Balaban J connectivity index is 2.20. The molecule has 1 heterocycles. The normalized spacial score (nSPS) is 24.6. The molecule has 96 valence electrons. The van der Waals surface area contributed by atoms with E-state index in [-0.39, 0.29) is 0 Å². The van der Waals surface area contributed by atoms with Gasteiger partial charge in [0.15, 0.2) is 0 Å². The smallest absolute Gasteiger partial charge is 0.0502 e. The second kappa shape index (κ2) is 8.04. The zero-order chi connectivity index (χ0) is 11.8. The minimum absolute atomic E-state index is 0.711. The predicted octanol–water partition coefficient (Wildman–Crippen LogP) is 1.72. The minimum atomic E-state index is 0.711. The Bertz CT molecular complexity index is 169. The number of hydrogen-bond donors (Lipinski definition) is 1. The molecule has 1 fully saturated rings. The van der Waals surface area contributed by atoms with E-state index in [1.807, 2.05) is 0 Å². The van der Waals surface area contributed by atoms with Crippen molar-refractivity contribution in [3.05, 3.63) is 0 Å². The van der Waals surface area contributed by atoms with Crippen molar-refractivity contribution in [2.45, 2.75) is 32.6 Å². The van der Waals surface area contributed by atoms with Gasteiger partial charge >= 0.3 is 0 Å². The van der Waals surface area contributed by atoms with Gasteiger partial charge in [-0.2, -0.15) is 0 Å². The average molecular weight is 228 g/mol. The van der Waals surface area contributed by atoms with Crippen molar-refractivity contribution >= 4 is 0 Å². The van der Waals surface area contributed by atoms with Gasteiger partial charge in [-0.3, -0.25) is 0 Å².